The number of aromatic nitrogens is 2. The summed E-state index contributed by atoms with van der Waals surface area (Å²) in [5.74, 6) is 0.926. The molecule has 3 rings (SSSR count). The number of hydrogen-bond acceptors (Lipinski definition) is 6. The number of thiazole rings is 1. The zero-order valence-electron chi connectivity index (χ0n) is 12.7. The molecule has 1 aliphatic heterocycles. The van der Waals surface area contributed by atoms with E-state index in [4.69, 9.17) is 16.3 Å². The van der Waals surface area contributed by atoms with Crippen LogP contribution in [-0.4, -0.2) is 54.1 Å². The third-order valence-electron chi connectivity index (χ3n) is 3.63. The minimum atomic E-state index is 0.0357. The van der Waals surface area contributed by atoms with Gasteiger partial charge in [-0.05, 0) is 12.1 Å². The Labute approximate surface area is 143 Å². The number of methoxy groups -OCH3 is 1. The van der Waals surface area contributed by atoms with Gasteiger partial charge in [0.1, 0.15) is 15.7 Å². The number of amides is 1. The van der Waals surface area contributed by atoms with Crippen molar-refractivity contribution in [1.29, 1.82) is 0 Å². The number of halogens is 1. The maximum Gasteiger partial charge on any atom is 0.265 e. The van der Waals surface area contributed by atoms with Gasteiger partial charge in [-0.25, -0.2) is 9.97 Å². The largest absolute Gasteiger partial charge is 0.378 e. The second-order valence-electron chi connectivity index (χ2n) is 5.17. The fourth-order valence-corrected chi connectivity index (χ4v) is 3.42. The van der Waals surface area contributed by atoms with Crippen molar-refractivity contribution in [3.05, 3.63) is 39.4 Å². The van der Waals surface area contributed by atoms with E-state index in [1.807, 2.05) is 17.0 Å². The first-order valence-corrected chi connectivity index (χ1v) is 8.46. The number of anilines is 1. The van der Waals surface area contributed by atoms with E-state index in [0.717, 1.165) is 23.9 Å². The van der Waals surface area contributed by atoms with Gasteiger partial charge in [0.2, 0.25) is 0 Å². The van der Waals surface area contributed by atoms with E-state index in [1.165, 1.54) is 11.3 Å². The smallest absolute Gasteiger partial charge is 0.265 e. The van der Waals surface area contributed by atoms with Crippen molar-refractivity contribution >= 4 is 34.7 Å². The molecule has 0 bridgehead atoms. The van der Waals surface area contributed by atoms with Gasteiger partial charge >= 0.3 is 0 Å². The molecule has 6 nitrogen and oxygen atoms in total. The Morgan fingerprint density at radius 1 is 1.26 bits per heavy atom. The van der Waals surface area contributed by atoms with Crippen LogP contribution >= 0.6 is 22.9 Å². The molecule has 0 N–H and O–H groups in total. The lowest BCUT2D eigenvalue weighted by Crippen LogP contribution is -2.48. The Hall–Kier alpha value is -1.70. The average molecular weight is 353 g/mol. The number of rotatable bonds is 4. The van der Waals surface area contributed by atoms with Crippen molar-refractivity contribution in [2.45, 2.75) is 6.61 Å². The van der Waals surface area contributed by atoms with Crippen LogP contribution in [0.15, 0.2) is 24.5 Å². The summed E-state index contributed by atoms with van der Waals surface area (Å²) in [5, 5.41) is 1.44. The van der Waals surface area contributed by atoms with E-state index in [2.05, 4.69) is 14.9 Å². The Balaban J connectivity index is 1.59. The molecule has 0 spiro atoms. The van der Waals surface area contributed by atoms with Crippen LogP contribution in [0.1, 0.15) is 14.7 Å². The molecule has 0 radical (unpaired) electrons. The summed E-state index contributed by atoms with van der Waals surface area (Å²) in [6.45, 7) is 3.28. The molecule has 0 saturated carbocycles. The summed E-state index contributed by atoms with van der Waals surface area (Å²) in [6.07, 6.45) is 3.28. The lowest BCUT2D eigenvalue weighted by atomic mass is 10.3. The molecule has 3 heterocycles. The number of pyridine rings is 1. The predicted molar refractivity (Wildman–Crippen MR) is 90.2 cm³/mol. The lowest BCUT2D eigenvalue weighted by molar-refractivity contribution is 0.0751. The van der Waals surface area contributed by atoms with E-state index in [0.29, 0.717) is 29.6 Å². The molecule has 8 heteroatoms. The van der Waals surface area contributed by atoms with E-state index in [1.54, 1.807) is 19.5 Å². The fraction of sp³-hybridized carbons (Fsp3) is 0.400. The van der Waals surface area contributed by atoms with Crippen molar-refractivity contribution in [2.75, 3.05) is 38.2 Å². The Kier molecular flexibility index (Phi) is 5.09. The molecule has 1 aliphatic rings. The van der Waals surface area contributed by atoms with Gasteiger partial charge in [0.05, 0.1) is 17.8 Å². The van der Waals surface area contributed by atoms with Crippen molar-refractivity contribution in [2.24, 2.45) is 0 Å². The molecule has 1 fully saturated rings. The number of carbonyl (C=O) groups is 1. The molecular weight excluding hydrogens is 336 g/mol. The summed E-state index contributed by atoms with van der Waals surface area (Å²) in [6, 6.07) is 3.73. The summed E-state index contributed by atoms with van der Waals surface area (Å²) in [7, 11) is 1.62. The first-order chi connectivity index (χ1) is 11.2. The molecule has 0 aliphatic carbocycles. The predicted octanol–water partition coefficient (Wildman–Crippen LogP) is 2.30. The van der Waals surface area contributed by atoms with Crippen molar-refractivity contribution in [3.8, 4) is 0 Å². The topological polar surface area (TPSA) is 58.6 Å². The maximum absolute atomic E-state index is 12.5. The molecule has 23 heavy (non-hydrogen) atoms. The summed E-state index contributed by atoms with van der Waals surface area (Å²) in [4.78, 5) is 25.7. The minimum Gasteiger partial charge on any atom is -0.378 e. The van der Waals surface area contributed by atoms with Crippen LogP contribution in [0.3, 0.4) is 0 Å². The van der Waals surface area contributed by atoms with E-state index < -0.39 is 0 Å². The highest BCUT2D eigenvalue weighted by molar-refractivity contribution is 7.13. The number of hydrogen-bond donors (Lipinski definition) is 0. The summed E-state index contributed by atoms with van der Waals surface area (Å²) >= 11 is 7.25. The van der Waals surface area contributed by atoms with Crippen LogP contribution in [0.5, 0.6) is 0 Å². The summed E-state index contributed by atoms with van der Waals surface area (Å²) < 4.78 is 5.04. The minimum absolute atomic E-state index is 0.0357. The van der Waals surface area contributed by atoms with Crippen molar-refractivity contribution < 1.29 is 9.53 Å². The van der Waals surface area contributed by atoms with Crippen LogP contribution in [0, 0.1) is 0 Å². The molecular formula is C15H17ClN4O2S. The SMILES string of the molecule is COCc1ncc(C(=O)N2CCN(c3ccc(Cl)cn3)CC2)s1. The van der Waals surface area contributed by atoms with Crippen LogP contribution in [-0.2, 0) is 11.3 Å². The number of nitrogens with zero attached hydrogens (tertiary/aromatic N) is 4. The number of piperazine rings is 1. The van der Waals surface area contributed by atoms with Crippen molar-refractivity contribution in [1.82, 2.24) is 14.9 Å². The Morgan fingerprint density at radius 3 is 2.70 bits per heavy atom. The van der Waals surface area contributed by atoms with Gasteiger partial charge in [0, 0.05) is 39.5 Å². The van der Waals surface area contributed by atoms with Gasteiger partial charge in [-0.1, -0.05) is 11.6 Å². The number of carbonyl (C=O) groups excluding carboxylic acids is 1. The zero-order valence-corrected chi connectivity index (χ0v) is 14.3. The molecule has 2 aromatic heterocycles. The van der Waals surface area contributed by atoms with Crippen LogP contribution < -0.4 is 4.90 Å². The van der Waals surface area contributed by atoms with Gasteiger partial charge in [0.15, 0.2) is 0 Å². The standard InChI is InChI=1S/C15H17ClN4O2S/c1-22-10-14-18-9-12(23-14)15(21)20-6-4-19(5-7-20)13-3-2-11(16)8-17-13/h2-3,8-9H,4-7,10H2,1H3. The van der Waals surface area contributed by atoms with Gasteiger partial charge in [-0.2, -0.15) is 0 Å². The fourth-order valence-electron chi connectivity index (χ4n) is 2.45. The summed E-state index contributed by atoms with van der Waals surface area (Å²) in [5.41, 5.74) is 0. The van der Waals surface area contributed by atoms with Gasteiger partial charge in [-0.15, -0.1) is 11.3 Å². The van der Waals surface area contributed by atoms with E-state index in [9.17, 15) is 4.79 Å². The van der Waals surface area contributed by atoms with Crippen molar-refractivity contribution in [3.63, 3.8) is 0 Å². The first-order valence-electron chi connectivity index (χ1n) is 7.27. The average Bonchev–Trinajstić information content (AvgIpc) is 3.04. The number of ether oxygens (including phenoxy) is 1. The van der Waals surface area contributed by atoms with E-state index in [-0.39, 0.29) is 5.91 Å². The third kappa shape index (κ3) is 3.80. The molecule has 0 atom stereocenters. The van der Waals surface area contributed by atoms with E-state index >= 15 is 0 Å². The highest BCUT2D eigenvalue weighted by atomic mass is 35.5. The zero-order chi connectivity index (χ0) is 16.2. The van der Waals surface area contributed by atoms with Crippen LogP contribution in [0.2, 0.25) is 5.02 Å². The lowest BCUT2D eigenvalue weighted by Gasteiger charge is -2.35. The highest BCUT2D eigenvalue weighted by Crippen LogP contribution is 2.19. The Bertz CT molecular complexity index is 668. The second-order valence-corrected chi connectivity index (χ2v) is 6.72. The second kappa shape index (κ2) is 7.25. The normalized spacial score (nSPS) is 15.0. The highest BCUT2D eigenvalue weighted by Gasteiger charge is 2.24. The molecule has 2 aromatic rings. The maximum atomic E-state index is 12.5. The molecule has 0 unspecified atom stereocenters. The molecule has 1 amide bonds. The Morgan fingerprint density at radius 2 is 2.04 bits per heavy atom. The third-order valence-corrected chi connectivity index (χ3v) is 4.82. The molecule has 0 aromatic carbocycles. The first kappa shape index (κ1) is 16.2. The van der Waals surface area contributed by atoms with Gasteiger partial charge in [0.25, 0.3) is 5.91 Å². The quantitative estimate of drug-likeness (QED) is 0.845. The van der Waals surface area contributed by atoms with Gasteiger partial charge in [-0.3, -0.25) is 4.79 Å². The van der Waals surface area contributed by atoms with Gasteiger partial charge < -0.3 is 14.5 Å². The monoisotopic (exact) mass is 352 g/mol. The molecule has 1 saturated heterocycles. The van der Waals surface area contributed by atoms with Crippen LogP contribution in [0.4, 0.5) is 5.82 Å². The van der Waals surface area contributed by atoms with Crippen LogP contribution in [0.25, 0.3) is 0 Å². The molecule has 122 valence electrons.